The van der Waals surface area contributed by atoms with Crippen LogP contribution in [0, 0.1) is 11.8 Å². The quantitative estimate of drug-likeness (QED) is 0.629. The lowest BCUT2D eigenvalue weighted by Gasteiger charge is -2.25. The standard InChI is InChI=1S/C13H20O2/c14-12(7-10-3-1-4-10)9-13(15)8-11-5-2-6-11/h10-11H,1-9H2. The van der Waals surface area contributed by atoms with Crippen LogP contribution in [0.5, 0.6) is 0 Å². The number of Topliss-reactive ketones (excluding diaryl/α,β-unsaturated/α-hetero) is 2. The SMILES string of the molecule is O=C(CC(=O)CC1CCC1)CC1CCC1. The van der Waals surface area contributed by atoms with Crippen molar-refractivity contribution in [2.24, 2.45) is 11.8 Å². The Bertz CT molecular complexity index is 223. The molecule has 0 spiro atoms. The first-order chi connectivity index (χ1) is 7.24. The topological polar surface area (TPSA) is 34.1 Å². The summed E-state index contributed by atoms with van der Waals surface area (Å²) in [6.45, 7) is 0. The van der Waals surface area contributed by atoms with Crippen LogP contribution >= 0.6 is 0 Å². The highest BCUT2D eigenvalue weighted by atomic mass is 16.1. The summed E-state index contributed by atoms with van der Waals surface area (Å²) in [5.74, 6) is 1.58. The van der Waals surface area contributed by atoms with E-state index in [1.54, 1.807) is 0 Å². The molecule has 2 rings (SSSR count). The van der Waals surface area contributed by atoms with E-state index in [1.165, 1.54) is 38.5 Å². The zero-order valence-corrected chi connectivity index (χ0v) is 9.34. The highest BCUT2D eigenvalue weighted by molar-refractivity contribution is 5.99. The Morgan fingerprint density at radius 2 is 1.20 bits per heavy atom. The molecule has 0 aromatic rings. The van der Waals surface area contributed by atoms with Gasteiger partial charge < -0.3 is 0 Å². The fourth-order valence-corrected chi connectivity index (χ4v) is 2.40. The van der Waals surface area contributed by atoms with Gasteiger partial charge in [-0.2, -0.15) is 0 Å². The molecular weight excluding hydrogens is 188 g/mol. The third-order valence-electron chi connectivity index (χ3n) is 3.88. The number of hydrogen-bond donors (Lipinski definition) is 0. The summed E-state index contributed by atoms with van der Waals surface area (Å²) in [7, 11) is 0. The van der Waals surface area contributed by atoms with Crippen LogP contribution in [-0.2, 0) is 9.59 Å². The van der Waals surface area contributed by atoms with Crippen LogP contribution in [0.25, 0.3) is 0 Å². The van der Waals surface area contributed by atoms with Crippen molar-refractivity contribution in [3.63, 3.8) is 0 Å². The monoisotopic (exact) mass is 208 g/mol. The van der Waals surface area contributed by atoms with E-state index >= 15 is 0 Å². The van der Waals surface area contributed by atoms with E-state index in [2.05, 4.69) is 0 Å². The highest BCUT2D eigenvalue weighted by Gasteiger charge is 2.24. The van der Waals surface area contributed by atoms with E-state index in [-0.39, 0.29) is 18.0 Å². The molecule has 0 bridgehead atoms. The minimum Gasteiger partial charge on any atom is -0.299 e. The molecule has 2 aliphatic rings. The molecule has 2 aliphatic carbocycles. The van der Waals surface area contributed by atoms with Gasteiger partial charge in [0.2, 0.25) is 0 Å². The van der Waals surface area contributed by atoms with Gasteiger partial charge in [0.25, 0.3) is 0 Å². The summed E-state index contributed by atoms with van der Waals surface area (Å²) in [6.07, 6.45) is 8.87. The molecule has 0 saturated heterocycles. The van der Waals surface area contributed by atoms with Crippen LogP contribution in [-0.4, -0.2) is 11.6 Å². The molecule has 0 unspecified atom stereocenters. The van der Waals surface area contributed by atoms with Crippen molar-refractivity contribution in [3.8, 4) is 0 Å². The third kappa shape index (κ3) is 3.15. The predicted molar refractivity (Wildman–Crippen MR) is 58.5 cm³/mol. The van der Waals surface area contributed by atoms with Crippen molar-refractivity contribution in [1.82, 2.24) is 0 Å². The van der Waals surface area contributed by atoms with Crippen LogP contribution in [0.15, 0.2) is 0 Å². The molecule has 2 fully saturated rings. The van der Waals surface area contributed by atoms with E-state index in [0.717, 1.165) is 0 Å². The second-order valence-corrected chi connectivity index (χ2v) is 5.26. The van der Waals surface area contributed by atoms with Crippen LogP contribution in [0.2, 0.25) is 0 Å². The summed E-state index contributed by atoms with van der Waals surface area (Å²) in [4.78, 5) is 23.0. The lowest BCUT2D eigenvalue weighted by Crippen LogP contribution is -2.20. The molecule has 2 nitrogen and oxygen atoms in total. The number of carbonyl (C=O) groups is 2. The Balaban J connectivity index is 1.61. The van der Waals surface area contributed by atoms with Crippen LogP contribution < -0.4 is 0 Å². The molecule has 0 radical (unpaired) electrons. The van der Waals surface area contributed by atoms with Crippen LogP contribution in [0.3, 0.4) is 0 Å². The maximum Gasteiger partial charge on any atom is 0.140 e. The summed E-state index contributed by atoms with van der Waals surface area (Å²) in [5, 5.41) is 0. The molecule has 0 N–H and O–H groups in total. The first-order valence-electron chi connectivity index (χ1n) is 6.27. The van der Waals surface area contributed by atoms with Gasteiger partial charge in [-0.15, -0.1) is 0 Å². The Kier molecular flexibility index (Phi) is 3.55. The maximum absolute atomic E-state index is 11.5. The van der Waals surface area contributed by atoms with E-state index in [9.17, 15) is 9.59 Å². The van der Waals surface area contributed by atoms with Crippen molar-refractivity contribution in [2.45, 2.75) is 57.8 Å². The molecule has 0 amide bonds. The molecule has 84 valence electrons. The highest BCUT2D eigenvalue weighted by Crippen LogP contribution is 2.31. The molecule has 0 aromatic carbocycles. The van der Waals surface area contributed by atoms with Gasteiger partial charge in [-0.3, -0.25) is 9.59 Å². The maximum atomic E-state index is 11.5. The van der Waals surface area contributed by atoms with Gasteiger partial charge in [0, 0.05) is 12.8 Å². The molecular formula is C13H20O2. The summed E-state index contributed by atoms with van der Waals surface area (Å²) < 4.78 is 0. The minimum absolute atomic E-state index is 0.184. The minimum atomic E-state index is 0.184. The van der Waals surface area contributed by atoms with Crippen molar-refractivity contribution < 1.29 is 9.59 Å². The second kappa shape index (κ2) is 4.91. The van der Waals surface area contributed by atoms with Gasteiger partial charge in [0.1, 0.15) is 11.6 Å². The molecule has 15 heavy (non-hydrogen) atoms. The van der Waals surface area contributed by atoms with E-state index in [1.807, 2.05) is 0 Å². The zero-order valence-electron chi connectivity index (χ0n) is 9.34. The van der Waals surface area contributed by atoms with Crippen molar-refractivity contribution in [1.29, 1.82) is 0 Å². The Labute approximate surface area is 91.4 Å². The molecule has 0 aliphatic heterocycles. The Morgan fingerprint density at radius 3 is 1.47 bits per heavy atom. The number of carbonyl (C=O) groups excluding carboxylic acids is 2. The number of hydrogen-bond acceptors (Lipinski definition) is 2. The van der Waals surface area contributed by atoms with E-state index in [4.69, 9.17) is 0 Å². The van der Waals surface area contributed by atoms with Gasteiger partial charge in [-0.25, -0.2) is 0 Å². The average molecular weight is 208 g/mol. The molecule has 0 heterocycles. The summed E-state index contributed by atoms with van der Waals surface area (Å²) in [6, 6.07) is 0. The first-order valence-corrected chi connectivity index (χ1v) is 6.27. The molecule has 0 aromatic heterocycles. The van der Waals surface area contributed by atoms with E-state index < -0.39 is 0 Å². The second-order valence-electron chi connectivity index (χ2n) is 5.26. The van der Waals surface area contributed by atoms with Crippen molar-refractivity contribution in [3.05, 3.63) is 0 Å². The average Bonchev–Trinajstić information content (AvgIpc) is 2.05. The van der Waals surface area contributed by atoms with Gasteiger partial charge in [0.05, 0.1) is 6.42 Å². The van der Waals surface area contributed by atoms with E-state index in [0.29, 0.717) is 24.7 Å². The lowest BCUT2D eigenvalue weighted by molar-refractivity contribution is -0.128. The summed E-state index contributed by atoms with van der Waals surface area (Å²) >= 11 is 0. The predicted octanol–water partition coefficient (Wildman–Crippen LogP) is 2.90. The number of rotatable bonds is 6. The van der Waals surface area contributed by atoms with Gasteiger partial charge in [0.15, 0.2) is 0 Å². The molecule has 2 heteroatoms. The third-order valence-corrected chi connectivity index (χ3v) is 3.88. The zero-order chi connectivity index (χ0) is 10.7. The smallest absolute Gasteiger partial charge is 0.140 e. The Morgan fingerprint density at radius 1 is 0.800 bits per heavy atom. The largest absolute Gasteiger partial charge is 0.299 e. The number of ketones is 2. The fraction of sp³-hybridized carbons (Fsp3) is 0.846. The van der Waals surface area contributed by atoms with Crippen LogP contribution in [0.1, 0.15) is 57.8 Å². The van der Waals surface area contributed by atoms with Gasteiger partial charge in [-0.05, 0) is 11.8 Å². The normalized spacial score (nSPS) is 21.9. The van der Waals surface area contributed by atoms with Gasteiger partial charge >= 0.3 is 0 Å². The Hall–Kier alpha value is -0.660. The van der Waals surface area contributed by atoms with Crippen molar-refractivity contribution >= 4 is 11.6 Å². The van der Waals surface area contributed by atoms with Gasteiger partial charge in [-0.1, -0.05) is 38.5 Å². The lowest BCUT2D eigenvalue weighted by atomic mass is 9.79. The summed E-state index contributed by atoms with van der Waals surface area (Å²) in [5.41, 5.74) is 0. The first kappa shape index (κ1) is 10.8. The molecule has 2 saturated carbocycles. The van der Waals surface area contributed by atoms with Crippen LogP contribution in [0.4, 0.5) is 0 Å². The molecule has 0 atom stereocenters. The van der Waals surface area contributed by atoms with Crippen molar-refractivity contribution in [2.75, 3.05) is 0 Å². The fourth-order valence-electron chi connectivity index (χ4n) is 2.40.